The Balaban J connectivity index is 1.92. The van der Waals surface area contributed by atoms with Gasteiger partial charge in [0.15, 0.2) is 11.5 Å². The Morgan fingerprint density at radius 2 is 2.09 bits per heavy atom. The molecule has 5 nitrogen and oxygen atoms in total. The third kappa shape index (κ3) is 2.76. The first-order valence-corrected chi connectivity index (χ1v) is 7.11. The highest BCUT2D eigenvalue weighted by Gasteiger charge is 2.18. The summed E-state index contributed by atoms with van der Waals surface area (Å²) in [4.78, 5) is 12.4. The molecule has 6 heteroatoms. The van der Waals surface area contributed by atoms with E-state index in [-0.39, 0.29) is 5.91 Å². The van der Waals surface area contributed by atoms with E-state index in [2.05, 4.69) is 15.5 Å². The lowest BCUT2D eigenvalue weighted by Gasteiger charge is -2.06. The van der Waals surface area contributed by atoms with Crippen LogP contribution >= 0.6 is 11.6 Å². The van der Waals surface area contributed by atoms with Crippen molar-refractivity contribution < 1.29 is 9.21 Å². The Labute approximate surface area is 132 Å². The molecule has 0 saturated carbocycles. The van der Waals surface area contributed by atoms with Crippen LogP contribution in [0.25, 0.3) is 11.5 Å². The average Bonchev–Trinajstić information content (AvgIpc) is 3.06. The van der Waals surface area contributed by atoms with E-state index in [0.717, 1.165) is 11.5 Å². The molecular formula is C16H14ClN3O2. The number of hydrogen-bond donors (Lipinski definition) is 2. The second kappa shape index (κ2) is 5.69. The second-order valence-electron chi connectivity index (χ2n) is 4.95. The van der Waals surface area contributed by atoms with Gasteiger partial charge in [-0.3, -0.25) is 9.89 Å². The zero-order chi connectivity index (χ0) is 15.7. The van der Waals surface area contributed by atoms with Crippen LogP contribution in [0.2, 0.25) is 5.02 Å². The summed E-state index contributed by atoms with van der Waals surface area (Å²) < 4.78 is 5.58. The number of nitrogens with zero attached hydrogens (tertiary/aromatic N) is 1. The molecular weight excluding hydrogens is 302 g/mol. The predicted octanol–water partition coefficient (Wildman–Crippen LogP) is 4.19. The summed E-state index contributed by atoms with van der Waals surface area (Å²) in [7, 11) is 0. The zero-order valence-corrected chi connectivity index (χ0v) is 12.9. The van der Waals surface area contributed by atoms with Gasteiger partial charge in [-0.15, -0.1) is 0 Å². The summed E-state index contributed by atoms with van der Waals surface area (Å²) in [5.74, 6) is 1.13. The van der Waals surface area contributed by atoms with Gasteiger partial charge in [-0.05, 0) is 44.2 Å². The van der Waals surface area contributed by atoms with E-state index in [1.165, 1.54) is 0 Å². The van der Waals surface area contributed by atoms with Crippen molar-refractivity contribution in [2.24, 2.45) is 0 Å². The van der Waals surface area contributed by atoms with Gasteiger partial charge in [0.25, 0.3) is 5.91 Å². The molecule has 1 aromatic carbocycles. The molecule has 1 amide bonds. The zero-order valence-electron chi connectivity index (χ0n) is 12.1. The minimum absolute atomic E-state index is 0.253. The van der Waals surface area contributed by atoms with E-state index >= 15 is 0 Å². The lowest BCUT2D eigenvalue weighted by atomic mass is 10.2. The third-order valence-electron chi connectivity index (χ3n) is 3.25. The van der Waals surface area contributed by atoms with Crippen molar-refractivity contribution in [3.63, 3.8) is 0 Å². The van der Waals surface area contributed by atoms with Gasteiger partial charge >= 0.3 is 0 Å². The van der Waals surface area contributed by atoms with Crippen molar-refractivity contribution >= 4 is 23.2 Å². The fourth-order valence-electron chi connectivity index (χ4n) is 2.14. The topological polar surface area (TPSA) is 70.9 Å². The number of H-pyrrole nitrogens is 1. The van der Waals surface area contributed by atoms with Crippen LogP contribution < -0.4 is 5.32 Å². The Morgan fingerprint density at radius 1 is 1.27 bits per heavy atom. The van der Waals surface area contributed by atoms with Gasteiger partial charge in [0, 0.05) is 10.6 Å². The minimum atomic E-state index is -0.253. The Hall–Kier alpha value is -2.53. The predicted molar refractivity (Wildman–Crippen MR) is 85.2 cm³/mol. The number of benzene rings is 1. The van der Waals surface area contributed by atoms with E-state index in [1.807, 2.05) is 26.0 Å². The van der Waals surface area contributed by atoms with Crippen LogP contribution in [-0.2, 0) is 0 Å². The van der Waals surface area contributed by atoms with Crippen LogP contribution in [0.5, 0.6) is 0 Å². The quantitative estimate of drug-likeness (QED) is 0.761. The molecule has 0 spiro atoms. The van der Waals surface area contributed by atoms with Crippen molar-refractivity contribution in [3.05, 3.63) is 58.4 Å². The number of rotatable bonds is 3. The lowest BCUT2D eigenvalue weighted by molar-refractivity contribution is 0.102. The van der Waals surface area contributed by atoms with Crippen molar-refractivity contribution in [2.75, 3.05) is 5.32 Å². The summed E-state index contributed by atoms with van der Waals surface area (Å²) in [6, 6.07) is 10.4. The van der Waals surface area contributed by atoms with Crippen molar-refractivity contribution in [2.45, 2.75) is 13.8 Å². The first kappa shape index (κ1) is 14.4. The van der Waals surface area contributed by atoms with Gasteiger partial charge in [0.1, 0.15) is 5.76 Å². The number of hydrogen-bond acceptors (Lipinski definition) is 3. The van der Waals surface area contributed by atoms with E-state index in [1.54, 1.807) is 24.3 Å². The molecule has 0 atom stereocenters. The number of amides is 1. The normalized spacial score (nSPS) is 10.7. The van der Waals surface area contributed by atoms with Gasteiger partial charge in [0.2, 0.25) is 0 Å². The van der Waals surface area contributed by atoms with Crippen LogP contribution in [0.15, 0.2) is 40.8 Å². The number of nitrogens with one attached hydrogen (secondary N) is 2. The van der Waals surface area contributed by atoms with E-state index in [0.29, 0.717) is 27.7 Å². The van der Waals surface area contributed by atoms with Crippen molar-refractivity contribution in [1.82, 2.24) is 10.2 Å². The molecule has 3 rings (SSSR count). The monoisotopic (exact) mass is 315 g/mol. The molecule has 112 valence electrons. The first-order chi connectivity index (χ1) is 10.5. The number of aromatic nitrogens is 2. The van der Waals surface area contributed by atoms with Crippen LogP contribution in [0.1, 0.15) is 21.8 Å². The maximum Gasteiger partial charge on any atom is 0.255 e. The molecule has 3 aromatic rings. The number of aryl methyl sites for hydroxylation is 2. The average molecular weight is 316 g/mol. The highest BCUT2D eigenvalue weighted by atomic mass is 35.5. The van der Waals surface area contributed by atoms with Gasteiger partial charge < -0.3 is 9.73 Å². The number of furan rings is 1. The summed E-state index contributed by atoms with van der Waals surface area (Å²) in [6.45, 7) is 3.69. The summed E-state index contributed by atoms with van der Waals surface area (Å²) >= 11 is 5.92. The molecule has 2 aromatic heterocycles. The Morgan fingerprint density at radius 3 is 2.77 bits per heavy atom. The molecule has 0 radical (unpaired) electrons. The molecule has 0 aliphatic carbocycles. The maximum absolute atomic E-state index is 12.4. The summed E-state index contributed by atoms with van der Waals surface area (Å²) in [5.41, 5.74) is 2.40. The fraction of sp³-hybridized carbons (Fsp3) is 0.125. The largest absolute Gasteiger partial charge is 0.460 e. The van der Waals surface area contributed by atoms with Crippen LogP contribution in [-0.4, -0.2) is 16.1 Å². The lowest BCUT2D eigenvalue weighted by Crippen LogP contribution is -2.12. The molecule has 0 saturated heterocycles. The Kier molecular flexibility index (Phi) is 3.73. The SMILES string of the molecule is Cc1ccc(-c2n[nH]c(C)c2NC(=O)c2cccc(Cl)c2)o1. The third-order valence-corrected chi connectivity index (χ3v) is 3.48. The summed E-state index contributed by atoms with van der Waals surface area (Å²) in [6.07, 6.45) is 0. The highest BCUT2D eigenvalue weighted by molar-refractivity contribution is 6.31. The van der Waals surface area contributed by atoms with E-state index in [9.17, 15) is 4.79 Å². The fourth-order valence-corrected chi connectivity index (χ4v) is 2.33. The van der Waals surface area contributed by atoms with E-state index < -0.39 is 0 Å². The van der Waals surface area contributed by atoms with Crippen molar-refractivity contribution in [1.29, 1.82) is 0 Å². The van der Waals surface area contributed by atoms with Crippen LogP contribution in [0, 0.1) is 13.8 Å². The van der Waals surface area contributed by atoms with Crippen LogP contribution in [0.4, 0.5) is 5.69 Å². The second-order valence-corrected chi connectivity index (χ2v) is 5.38. The number of anilines is 1. The molecule has 2 N–H and O–H groups in total. The molecule has 0 fully saturated rings. The Bertz CT molecular complexity index is 836. The number of halogens is 1. The minimum Gasteiger partial charge on any atom is -0.460 e. The number of aromatic amines is 1. The summed E-state index contributed by atoms with van der Waals surface area (Å²) in [5, 5.41) is 10.4. The van der Waals surface area contributed by atoms with Gasteiger partial charge in [-0.1, -0.05) is 17.7 Å². The van der Waals surface area contributed by atoms with Crippen LogP contribution in [0.3, 0.4) is 0 Å². The number of carbonyl (C=O) groups excluding carboxylic acids is 1. The first-order valence-electron chi connectivity index (χ1n) is 6.73. The van der Waals surface area contributed by atoms with E-state index in [4.69, 9.17) is 16.0 Å². The van der Waals surface area contributed by atoms with Gasteiger partial charge in [-0.25, -0.2) is 0 Å². The standard InChI is InChI=1S/C16H14ClN3O2/c1-9-6-7-13(22-9)15-14(10(2)19-20-15)18-16(21)11-4-3-5-12(17)8-11/h3-8H,1-2H3,(H,18,21)(H,19,20). The van der Waals surface area contributed by atoms with Gasteiger partial charge in [0.05, 0.1) is 11.4 Å². The highest BCUT2D eigenvalue weighted by Crippen LogP contribution is 2.30. The van der Waals surface area contributed by atoms with Crippen molar-refractivity contribution in [3.8, 4) is 11.5 Å². The number of carbonyl (C=O) groups is 1. The molecule has 0 bridgehead atoms. The molecule has 0 aliphatic heterocycles. The maximum atomic E-state index is 12.4. The molecule has 22 heavy (non-hydrogen) atoms. The molecule has 0 aliphatic rings. The molecule has 2 heterocycles. The smallest absolute Gasteiger partial charge is 0.255 e. The molecule has 0 unspecified atom stereocenters. The van der Waals surface area contributed by atoms with Gasteiger partial charge in [-0.2, -0.15) is 5.10 Å².